The lowest BCUT2D eigenvalue weighted by Crippen LogP contribution is -2.47. The first-order chi connectivity index (χ1) is 8.72. The molecule has 0 aromatic carbocycles. The Kier molecular flexibility index (Phi) is 2.73. The standard InChI is InChI=1S/C10H16N8/c1-17-2-4-18(5-3-17)16-9-7-6-12-15-8(7)13-10(11)14-9/h6H,2-5H2,1H3,(H4,11,12,13,14,15,16). The maximum atomic E-state index is 5.67. The zero-order chi connectivity index (χ0) is 12.5. The van der Waals surface area contributed by atoms with Gasteiger partial charge in [0.2, 0.25) is 5.95 Å². The van der Waals surface area contributed by atoms with Crippen molar-refractivity contribution in [2.24, 2.45) is 0 Å². The fourth-order valence-electron chi connectivity index (χ4n) is 2.01. The van der Waals surface area contributed by atoms with Crippen molar-refractivity contribution < 1.29 is 0 Å². The highest BCUT2D eigenvalue weighted by Gasteiger charge is 2.16. The predicted molar refractivity (Wildman–Crippen MR) is 68.8 cm³/mol. The molecule has 8 nitrogen and oxygen atoms in total. The molecule has 1 saturated heterocycles. The third-order valence-corrected chi connectivity index (χ3v) is 3.09. The largest absolute Gasteiger partial charge is 0.368 e. The highest BCUT2D eigenvalue weighted by atomic mass is 15.5. The molecule has 0 spiro atoms. The van der Waals surface area contributed by atoms with Crippen molar-refractivity contribution in [2.75, 3.05) is 44.4 Å². The van der Waals surface area contributed by atoms with E-state index in [9.17, 15) is 0 Å². The Morgan fingerprint density at radius 1 is 1.28 bits per heavy atom. The van der Waals surface area contributed by atoms with Gasteiger partial charge in [-0.3, -0.25) is 5.10 Å². The van der Waals surface area contributed by atoms with Crippen LogP contribution in [0, 0.1) is 0 Å². The van der Waals surface area contributed by atoms with Gasteiger partial charge in [0.05, 0.1) is 11.6 Å². The van der Waals surface area contributed by atoms with Gasteiger partial charge in [0.1, 0.15) is 0 Å². The fraction of sp³-hybridized carbons (Fsp3) is 0.500. The zero-order valence-corrected chi connectivity index (χ0v) is 10.2. The minimum Gasteiger partial charge on any atom is -0.368 e. The topological polar surface area (TPSA) is 99.0 Å². The molecule has 4 N–H and O–H groups in total. The highest BCUT2D eigenvalue weighted by molar-refractivity contribution is 5.86. The molecular weight excluding hydrogens is 232 g/mol. The van der Waals surface area contributed by atoms with Crippen molar-refractivity contribution in [1.82, 2.24) is 30.1 Å². The van der Waals surface area contributed by atoms with Crippen LogP contribution in [0.3, 0.4) is 0 Å². The van der Waals surface area contributed by atoms with Crippen LogP contribution in [0.1, 0.15) is 0 Å². The molecule has 0 atom stereocenters. The summed E-state index contributed by atoms with van der Waals surface area (Å²) < 4.78 is 0. The van der Waals surface area contributed by atoms with Crippen LogP contribution in [0.2, 0.25) is 0 Å². The van der Waals surface area contributed by atoms with E-state index in [2.05, 4.69) is 42.5 Å². The first-order valence-electron chi connectivity index (χ1n) is 5.89. The van der Waals surface area contributed by atoms with Crippen LogP contribution < -0.4 is 11.2 Å². The van der Waals surface area contributed by atoms with Gasteiger partial charge >= 0.3 is 0 Å². The van der Waals surface area contributed by atoms with Gasteiger partial charge in [-0.2, -0.15) is 15.1 Å². The highest BCUT2D eigenvalue weighted by Crippen LogP contribution is 2.19. The first kappa shape index (κ1) is 11.2. The normalized spacial score (nSPS) is 18.3. The predicted octanol–water partition coefficient (Wildman–Crippen LogP) is -0.491. The fourth-order valence-corrected chi connectivity index (χ4v) is 2.01. The number of piperazine rings is 1. The lowest BCUT2D eigenvalue weighted by Gasteiger charge is -2.32. The lowest BCUT2D eigenvalue weighted by atomic mass is 10.3. The smallest absolute Gasteiger partial charge is 0.224 e. The second-order valence-electron chi connectivity index (χ2n) is 4.46. The number of hydrogen-bond donors (Lipinski definition) is 3. The zero-order valence-electron chi connectivity index (χ0n) is 10.2. The molecule has 96 valence electrons. The van der Waals surface area contributed by atoms with E-state index in [1.54, 1.807) is 6.20 Å². The van der Waals surface area contributed by atoms with Gasteiger partial charge in [-0.1, -0.05) is 0 Å². The van der Waals surface area contributed by atoms with E-state index in [0.717, 1.165) is 31.6 Å². The van der Waals surface area contributed by atoms with Crippen LogP contribution in [-0.4, -0.2) is 63.3 Å². The van der Waals surface area contributed by atoms with Crippen LogP contribution in [0.5, 0.6) is 0 Å². The Morgan fingerprint density at radius 2 is 2.06 bits per heavy atom. The van der Waals surface area contributed by atoms with E-state index in [0.29, 0.717) is 11.5 Å². The third kappa shape index (κ3) is 2.07. The van der Waals surface area contributed by atoms with Crippen molar-refractivity contribution in [1.29, 1.82) is 0 Å². The second-order valence-corrected chi connectivity index (χ2v) is 4.46. The summed E-state index contributed by atoms with van der Waals surface area (Å²) >= 11 is 0. The molecule has 3 rings (SSSR count). The Balaban J connectivity index is 1.83. The molecule has 0 radical (unpaired) electrons. The summed E-state index contributed by atoms with van der Waals surface area (Å²) in [5.41, 5.74) is 9.61. The van der Waals surface area contributed by atoms with E-state index < -0.39 is 0 Å². The molecule has 8 heteroatoms. The minimum atomic E-state index is 0.239. The van der Waals surface area contributed by atoms with Crippen molar-refractivity contribution in [3.8, 4) is 0 Å². The Hall–Kier alpha value is -1.93. The quantitative estimate of drug-likeness (QED) is 0.659. The van der Waals surface area contributed by atoms with E-state index in [-0.39, 0.29) is 5.95 Å². The summed E-state index contributed by atoms with van der Waals surface area (Å²) in [6.07, 6.45) is 1.70. The van der Waals surface area contributed by atoms with E-state index in [1.165, 1.54) is 0 Å². The average molecular weight is 248 g/mol. The first-order valence-corrected chi connectivity index (χ1v) is 5.89. The average Bonchev–Trinajstić information content (AvgIpc) is 2.80. The molecule has 2 aromatic heterocycles. The molecule has 18 heavy (non-hydrogen) atoms. The molecule has 0 amide bonds. The van der Waals surface area contributed by atoms with E-state index in [4.69, 9.17) is 5.73 Å². The molecule has 0 unspecified atom stereocenters. The molecule has 1 fully saturated rings. The number of fused-ring (bicyclic) bond motifs is 1. The van der Waals surface area contributed by atoms with Crippen molar-refractivity contribution >= 4 is 22.8 Å². The Bertz CT molecular complexity index is 542. The lowest BCUT2D eigenvalue weighted by molar-refractivity contribution is 0.178. The van der Waals surface area contributed by atoms with Crippen molar-refractivity contribution in [3.05, 3.63) is 6.20 Å². The molecule has 1 aliphatic rings. The number of nitrogens with one attached hydrogen (secondary N) is 2. The van der Waals surface area contributed by atoms with Crippen LogP contribution in [0.4, 0.5) is 11.8 Å². The number of anilines is 2. The van der Waals surface area contributed by atoms with Gasteiger partial charge < -0.3 is 16.1 Å². The number of nitrogen functional groups attached to an aromatic ring is 1. The van der Waals surface area contributed by atoms with Gasteiger partial charge in [-0.25, -0.2) is 5.01 Å². The number of nitrogens with zero attached hydrogens (tertiary/aromatic N) is 5. The molecule has 3 heterocycles. The van der Waals surface area contributed by atoms with Gasteiger partial charge in [-0.05, 0) is 7.05 Å². The maximum absolute atomic E-state index is 5.67. The third-order valence-electron chi connectivity index (χ3n) is 3.09. The molecule has 0 bridgehead atoms. The van der Waals surface area contributed by atoms with Crippen LogP contribution in [0.25, 0.3) is 11.0 Å². The van der Waals surface area contributed by atoms with Crippen molar-refractivity contribution in [3.63, 3.8) is 0 Å². The second kappa shape index (κ2) is 4.39. The van der Waals surface area contributed by atoms with Crippen LogP contribution in [0.15, 0.2) is 6.20 Å². The number of aromatic amines is 1. The maximum Gasteiger partial charge on any atom is 0.224 e. The number of H-pyrrole nitrogens is 1. The number of hydrazine groups is 1. The number of nitrogens with two attached hydrogens (primary N) is 1. The number of rotatable bonds is 2. The molecule has 0 saturated carbocycles. The van der Waals surface area contributed by atoms with Crippen LogP contribution in [-0.2, 0) is 0 Å². The molecular formula is C10H16N8. The SMILES string of the molecule is CN1CCN(Nc2nc(N)nc3[nH]ncc23)CC1. The summed E-state index contributed by atoms with van der Waals surface area (Å²) in [5, 5.41) is 9.74. The number of hydrogen-bond acceptors (Lipinski definition) is 7. The molecule has 0 aliphatic carbocycles. The Labute approximate surface area is 104 Å². The summed E-state index contributed by atoms with van der Waals surface area (Å²) in [7, 11) is 2.12. The minimum absolute atomic E-state index is 0.239. The van der Waals surface area contributed by atoms with Crippen molar-refractivity contribution in [2.45, 2.75) is 0 Å². The van der Waals surface area contributed by atoms with Gasteiger partial charge in [-0.15, -0.1) is 0 Å². The van der Waals surface area contributed by atoms with Gasteiger partial charge in [0.15, 0.2) is 11.5 Å². The van der Waals surface area contributed by atoms with Gasteiger partial charge in [0.25, 0.3) is 0 Å². The summed E-state index contributed by atoms with van der Waals surface area (Å²) in [5.74, 6) is 0.944. The van der Waals surface area contributed by atoms with E-state index >= 15 is 0 Å². The monoisotopic (exact) mass is 248 g/mol. The van der Waals surface area contributed by atoms with E-state index in [1.807, 2.05) is 0 Å². The summed E-state index contributed by atoms with van der Waals surface area (Å²) in [6.45, 7) is 3.95. The van der Waals surface area contributed by atoms with Crippen LogP contribution >= 0.6 is 0 Å². The molecule has 2 aromatic rings. The Morgan fingerprint density at radius 3 is 2.83 bits per heavy atom. The number of likely N-dealkylation sites (N-methyl/N-ethyl adjacent to an activating group) is 1. The summed E-state index contributed by atoms with van der Waals surface area (Å²) in [4.78, 5) is 10.6. The number of aromatic nitrogens is 4. The molecule has 1 aliphatic heterocycles. The summed E-state index contributed by atoms with van der Waals surface area (Å²) in [6, 6.07) is 0. The van der Waals surface area contributed by atoms with Gasteiger partial charge in [0, 0.05) is 26.2 Å².